The molecule has 0 aliphatic heterocycles. The van der Waals surface area contributed by atoms with Crippen molar-refractivity contribution < 1.29 is 0 Å². The van der Waals surface area contributed by atoms with E-state index in [0.717, 1.165) is 16.6 Å². The molecule has 0 aliphatic carbocycles. The molecule has 76 valence electrons. The molecule has 1 aromatic carbocycles. The lowest BCUT2D eigenvalue weighted by Crippen LogP contribution is -1.87. The first kappa shape index (κ1) is 8.97. The van der Waals surface area contributed by atoms with E-state index >= 15 is 0 Å². The van der Waals surface area contributed by atoms with Crippen LogP contribution in [0, 0.1) is 0 Å². The second-order valence-corrected chi connectivity index (χ2v) is 3.51. The molecule has 0 bridgehead atoms. The summed E-state index contributed by atoms with van der Waals surface area (Å²) >= 11 is 0. The zero-order valence-electron chi connectivity index (χ0n) is 8.54. The quantitative estimate of drug-likeness (QED) is 0.615. The normalized spacial score (nSPS) is 10.5. The molecule has 16 heavy (non-hydrogen) atoms. The topological polar surface area (TPSA) is 38.7 Å². The predicted octanol–water partition coefficient (Wildman–Crippen LogP) is 2.69. The van der Waals surface area contributed by atoms with Crippen molar-refractivity contribution in [1.29, 1.82) is 0 Å². The van der Waals surface area contributed by atoms with Gasteiger partial charge < -0.3 is 0 Å². The number of fused-ring (bicyclic) bond motifs is 1. The Kier molecular flexibility index (Phi) is 2.07. The molecule has 0 atom stereocenters. The zero-order chi connectivity index (χ0) is 10.8. The molecule has 3 heteroatoms. The number of benzene rings is 1. The van der Waals surface area contributed by atoms with E-state index in [9.17, 15) is 0 Å². The summed E-state index contributed by atoms with van der Waals surface area (Å²) in [5.41, 5.74) is 1.87. The van der Waals surface area contributed by atoms with Gasteiger partial charge in [-0.25, -0.2) is 9.97 Å². The lowest BCUT2D eigenvalue weighted by molar-refractivity contribution is 1.16. The summed E-state index contributed by atoms with van der Waals surface area (Å²) in [4.78, 5) is 12.4. The Balaban J connectivity index is 2.32. The fraction of sp³-hybridized carbons (Fsp3) is 0. The van der Waals surface area contributed by atoms with Crippen LogP contribution in [0.25, 0.3) is 22.0 Å². The summed E-state index contributed by atoms with van der Waals surface area (Å²) in [7, 11) is 0. The van der Waals surface area contributed by atoms with E-state index in [1.54, 1.807) is 12.4 Å². The first-order valence-electron chi connectivity index (χ1n) is 5.04. The van der Waals surface area contributed by atoms with Crippen LogP contribution in [-0.2, 0) is 0 Å². The second kappa shape index (κ2) is 3.70. The van der Waals surface area contributed by atoms with Gasteiger partial charge in [-0.1, -0.05) is 24.3 Å². The van der Waals surface area contributed by atoms with Gasteiger partial charge in [0, 0.05) is 29.5 Å². The lowest BCUT2D eigenvalue weighted by atomic mass is 10.1. The van der Waals surface area contributed by atoms with Crippen LogP contribution in [0.3, 0.4) is 0 Å². The van der Waals surface area contributed by atoms with Crippen LogP contribution in [-0.4, -0.2) is 15.0 Å². The van der Waals surface area contributed by atoms with E-state index in [0.29, 0.717) is 0 Å². The van der Waals surface area contributed by atoms with Gasteiger partial charge in [-0.15, -0.1) is 0 Å². The highest BCUT2D eigenvalue weighted by Crippen LogP contribution is 2.24. The van der Waals surface area contributed by atoms with E-state index in [1.165, 1.54) is 11.7 Å². The average molecular weight is 207 g/mol. The van der Waals surface area contributed by atoms with E-state index in [-0.39, 0.29) is 0 Å². The van der Waals surface area contributed by atoms with Gasteiger partial charge in [0.25, 0.3) is 0 Å². The van der Waals surface area contributed by atoms with Crippen LogP contribution in [0.4, 0.5) is 0 Å². The Labute approximate surface area is 92.8 Å². The molecule has 0 amide bonds. The number of pyridine rings is 1. The van der Waals surface area contributed by atoms with Crippen molar-refractivity contribution in [2.24, 2.45) is 0 Å². The largest absolute Gasteiger partial charge is 0.255 e. The Bertz CT molecular complexity index is 615. The maximum Gasteiger partial charge on any atom is 0.115 e. The molecule has 3 nitrogen and oxygen atoms in total. The molecule has 0 unspecified atom stereocenters. The summed E-state index contributed by atoms with van der Waals surface area (Å²) in [6, 6.07) is 10.2. The second-order valence-electron chi connectivity index (χ2n) is 3.51. The van der Waals surface area contributed by atoms with Crippen molar-refractivity contribution >= 4 is 10.8 Å². The third kappa shape index (κ3) is 1.42. The van der Waals surface area contributed by atoms with Crippen molar-refractivity contribution in [3.05, 3.63) is 55.2 Å². The van der Waals surface area contributed by atoms with Gasteiger partial charge in [0.1, 0.15) is 6.33 Å². The number of aromatic nitrogens is 3. The third-order valence-corrected chi connectivity index (χ3v) is 2.51. The van der Waals surface area contributed by atoms with Crippen LogP contribution in [0.1, 0.15) is 0 Å². The third-order valence-electron chi connectivity index (χ3n) is 2.51. The van der Waals surface area contributed by atoms with Crippen LogP contribution in [0.2, 0.25) is 0 Å². The first-order valence-corrected chi connectivity index (χ1v) is 5.04. The minimum Gasteiger partial charge on any atom is -0.255 e. The van der Waals surface area contributed by atoms with E-state index < -0.39 is 0 Å². The van der Waals surface area contributed by atoms with Crippen LogP contribution >= 0.6 is 0 Å². The smallest absolute Gasteiger partial charge is 0.115 e. The van der Waals surface area contributed by atoms with Gasteiger partial charge >= 0.3 is 0 Å². The van der Waals surface area contributed by atoms with E-state index in [2.05, 4.69) is 27.1 Å². The monoisotopic (exact) mass is 207 g/mol. The van der Waals surface area contributed by atoms with Gasteiger partial charge in [-0.05, 0) is 11.5 Å². The first-order chi connectivity index (χ1) is 7.95. The Morgan fingerprint density at radius 2 is 1.69 bits per heavy atom. The van der Waals surface area contributed by atoms with Gasteiger partial charge in [-0.3, -0.25) is 4.98 Å². The Morgan fingerprint density at radius 1 is 0.875 bits per heavy atom. The molecule has 0 aliphatic rings. The molecule has 0 radical (unpaired) electrons. The highest BCUT2D eigenvalue weighted by Gasteiger charge is 2.04. The molecule has 0 saturated carbocycles. The summed E-state index contributed by atoms with van der Waals surface area (Å²) in [6.45, 7) is 0. The van der Waals surface area contributed by atoms with Gasteiger partial charge in [-0.2, -0.15) is 0 Å². The van der Waals surface area contributed by atoms with Crippen molar-refractivity contribution in [2.75, 3.05) is 0 Å². The molecule has 3 aromatic rings. The summed E-state index contributed by atoms with van der Waals surface area (Å²) in [5.74, 6) is 0. The Morgan fingerprint density at radius 3 is 2.56 bits per heavy atom. The number of hydrogen-bond donors (Lipinski definition) is 0. The minimum absolute atomic E-state index is 0.929. The molecule has 2 heterocycles. The predicted molar refractivity (Wildman–Crippen MR) is 62.8 cm³/mol. The summed E-state index contributed by atoms with van der Waals surface area (Å²) < 4.78 is 0. The van der Waals surface area contributed by atoms with Gasteiger partial charge in [0.2, 0.25) is 0 Å². The molecule has 0 fully saturated rings. The maximum atomic E-state index is 4.40. The fourth-order valence-corrected chi connectivity index (χ4v) is 1.77. The van der Waals surface area contributed by atoms with Crippen molar-refractivity contribution in [3.8, 4) is 11.3 Å². The number of hydrogen-bond acceptors (Lipinski definition) is 3. The van der Waals surface area contributed by atoms with Gasteiger partial charge in [0.15, 0.2) is 0 Å². The fourth-order valence-electron chi connectivity index (χ4n) is 1.77. The number of nitrogens with zero attached hydrogens (tertiary/aromatic N) is 3. The molecule has 0 saturated heterocycles. The average Bonchev–Trinajstić information content (AvgIpc) is 2.39. The minimum atomic E-state index is 0.929. The van der Waals surface area contributed by atoms with E-state index in [1.807, 2.05) is 24.4 Å². The maximum absolute atomic E-state index is 4.40. The zero-order valence-corrected chi connectivity index (χ0v) is 8.54. The van der Waals surface area contributed by atoms with Gasteiger partial charge in [0.05, 0.1) is 5.69 Å². The lowest BCUT2D eigenvalue weighted by Gasteiger charge is -2.04. The van der Waals surface area contributed by atoms with Crippen LogP contribution in [0.15, 0.2) is 55.2 Å². The number of rotatable bonds is 1. The highest BCUT2D eigenvalue weighted by molar-refractivity contribution is 5.93. The molecule has 3 rings (SSSR count). The molecular formula is C13H9N3. The van der Waals surface area contributed by atoms with Crippen molar-refractivity contribution in [3.63, 3.8) is 0 Å². The van der Waals surface area contributed by atoms with Crippen LogP contribution in [0.5, 0.6) is 0 Å². The van der Waals surface area contributed by atoms with E-state index in [4.69, 9.17) is 0 Å². The van der Waals surface area contributed by atoms with Crippen molar-refractivity contribution in [2.45, 2.75) is 0 Å². The molecule has 2 aromatic heterocycles. The highest BCUT2D eigenvalue weighted by atomic mass is 14.8. The van der Waals surface area contributed by atoms with Crippen LogP contribution < -0.4 is 0 Å². The standard InChI is InChI=1S/C13H9N3/c1-2-4-12-10(3-1)5-6-16-13(12)11-7-14-9-15-8-11/h1-9H. The summed E-state index contributed by atoms with van der Waals surface area (Å²) in [6.07, 6.45) is 6.89. The molecular weight excluding hydrogens is 198 g/mol. The Hall–Kier alpha value is -2.29. The molecule has 0 spiro atoms. The SMILES string of the molecule is c1ccc2c(-c3cncnc3)nccc2c1. The summed E-state index contributed by atoms with van der Waals surface area (Å²) in [5, 5.41) is 2.30. The molecule has 0 N–H and O–H groups in total. The van der Waals surface area contributed by atoms with Crippen molar-refractivity contribution in [1.82, 2.24) is 15.0 Å².